The van der Waals surface area contributed by atoms with Gasteiger partial charge in [0, 0.05) is 6.20 Å². The van der Waals surface area contributed by atoms with E-state index in [0.717, 1.165) is 25.5 Å². The average Bonchev–Trinajstić information content (AvgIpc) is 2.61. The molecule has 4 atom stereocenters. The van der Waals surface area contributed by atoms with Crippen LogP contribution in [0.1, 0.15) is 50.4 Å². The highest BCUT2D eigenvalue weighted by Crippen LogP contribution is 2.35. The van der Waals surface area contributed by atoms with Crippen LogP contribution in [0.4, 0.5) is 0 Å². The fourth-order valence-corrected chi connectivity index (χ4v) is 3.10. The standard InChI is InChI=1S/C17H25NO3/c1-11-5-6-14(9-12(2)13(11)3)21-17-15(10-19)16(20-4)7-8-18-17/h7-8,10-14H,5-6,9H2,1-4H3. The van der Waals surface area contributed by atoms with E-state index in [2.05, 4.69) is 25.8 Å². The Balaban J connectivity index is 2.16. The van der Waals surface area contributed by atoms with E-state index in [9.17, 15) is 4.79 Å². The Hall–Kier alpha value is -1.58. The normalized spacial score (nSPS) is 29.5. The van der Waals surface area contributed by atoms with Crippen LogP contribution in [0.15, 0.2) is 12.3 Å². The lowest BCUT2D eigenvalue weighted by molar-refractivity contribution is 0.110. The molecule has 4 heteroatoms. The third-order valence-electron chi connectivity index (χ3n) is 4.90. The lowest BCUT2D eigenvalue weighted by Gasteiger charge is -2.23. The van der Waals surface area contributed by atoms with E-state index in [1.54, 1.807) is 19.4 Å². The molecule has 0 bridgehead atoms. The number of hydrogen-bond acceptors (Lipinski definition) is 4. The zero-order valence-corrected chi connectivity index (χ0v) is 13.3. The summed E-state index contributed by atoms with van der Waals surface area (Å²) in [5.41, 5.74) is 0.401. The molecule has 0 saturated heterocycles. The summed E-state index contributed by atoms with van der Waals surface area (Å²) in [7, 11) is 1.54. The number of carbonyl (C=O) groups excluding carboxylic acids is 1. The van der Waals surface area contributed by atoms with Crippen molar-refractivity contribution in [3.63, 3.8) is 0 Å². The van der Waals surface area contributed by atoms with Crippen LogP contribution in [0.2, 0.25) is 0 Å². The largest absolute Gasteiger partial charge is 0.496 e. The average molecular weight is 291 g/mol. The van der Waals surface area contributed by atoms with Gasteiger partial charge in [0.2, 0.25) is 5.88 Å². The van der Waals surface area contributed by atoms with Gasteiger partial charge in [0.25, 0.3) is 0 Å². The van der Waals surface area contributed by atoms with Gasteiger partial charge < -0.3 is 9.47 Å². The minimum Gasteiger partial charge on any atom is -0.496 e. The van der Waals surface area contributed by atoms with Crippen molar-refractivity contribution < 1.29 is 14.3 Å². The highest BCUT2D eigenvalue weighted by atomic mass is 16.5. The molecular weight excluding hydrogens is 266 g/mol. The van der Waals surface area contributed by atoms with Gasteiger partial charge in [-0.1, -0.05) is 20.8 Å². The van der Waals surface area contributed by atoms with Crippen LogP contribution in [-0.2, 0) is 0 Å². The Morgan fingerprint density at radius 3 is 2.67 bits per heavy atom. The molecule has 1 saturated carbocycles. The lowest BCUT2D eigenvalue weighted by atomic mass is 9.84. The minimum absolute atomic E-state index is 0.116. The Morgan fingerprint density at radius 2 is 2.00 bits per heavy atom. The van der Waals surface area contributed by atoms with Gasteiger partial charge in [0.15, 0.2) is 6.29 Å². The van der Waals surface area contributed by atoms with Crippen molar-refractivity contribution in [2.24, 2.45) is 17.8 Å². The number of aldehydes is 1. The second-order valence-corrected chi connectivity index (χ2v) is 6.22. The van der Waals surface area contributed by atoms with Crippen LogP contribution >= 0.6 is 0 Å². The molecule has 1 aromatic heterocycles. The third kappa shape index (κ3) is 3.55. The number of carbonyl (C=O) groups is 1. The summed E-state index contributed by atoms with van der Waals surface area (Å²) in [4.78, 5) is 15.5. The number of rotatable bonds is 4. The predicted molar refractivity (Wildman–Crippen MR) is 81.9 cm³/mol. The first kappa shape index (κ1) is 15.8. The predicted octanol–water partition coefficient (Wildman–Crippen LogP) is 3.74. The van der Waals surface area contributed by atoms with Gasteiger partial charge in [-0.2, -0.15) is 0 Å². The Bertz CT molecular complexity index is 489. The summed E-state index contributed by atoms with van der Waals surface area (Å²) in [5, 5.41) is 0. The van der Waals surface area contributed by atoms with Gasteiger partial charge in [-0.05, 0) is 43.1 Å². The zero-order chi connectivity index (χ0) is 15.4. The first-order valence-electron chi connectivity index (χ1n) is 7.71. The molecule has 0 spiro atoms. The molecule has 1 aromatic rings. The Labute approximate surface area is 126 Å². The van der Waals surface area contributed by atoms with Gasteiger partial charge in [-0.15, -0.1) is 0 Å². The molecule has 4 unspecified atom stereocenters. The quantitative estimate of drug-likeness (QED) is 0.626. The highest BCUT2D eigenvalue weighted by Gasteiger charge is 2.29. The highest BCUT2D eigenvalue weighted by molar-refractivity contribution is 5.82. The van der Waals surface area contributed by atoms with E-state index in [1.807, 2.05) is 0 Å². The number of methoxy groups -OCH3 is 1. The summed E-state index contributed by atoms with van der Waals surface area (Å²) < 4.78 is 11.2. The number of hydrogen-bond donors (Lipinski definition) is 0. The first-order valence-corrected chi connectivity index (χ1v) is 7.71. The molecule has 1 fully saturated rings. The van der Waals surface area contributed by atoms with Crippen molar-refractivity contribution in [1.82, 2.24) is 4.98 Å². The third-order valence-corrected chi connectivity index (χ3v) is 4.90. The maximum atomic E-state index is 11.3. The van der Waals surface area contributed by atoms with Crippen LogP contribution in [0, 0.1) is 17.8 Å². The molecule has 4 nitrogen and oxygen atoms in total. The van der Waals surface area contributed by atoms with E-state index < -0.39 is 0 Å². The van der Waals surface area contributed by atoms with Crippen LogP contribution in [0.5, 0.6) is 11.6 Å². The second-order valence-electron chi connectivity index (χ2n) is 6.22. The van der Waals surface area contributed by atoms with E-state index >= 15 is 0 Å². The zero-order valence-electron chi connectivity index (χ0n) is 13.3. The fraction of sp³-hybridized carbons (Fsp3) is 0.647. The van der Waals surface area contributed by atoms with Crippen molar-refractivity contribution in [3.8, 4) is 11.6 Å². The lowest BCUT2D eigenvalue weighted by Crippen LogP contribution is -2.21. The van der Waals surface area contributed by atoms with E-state index in [0.29, 0.717) is 34.9 Å². The molecule has 0 radical (unpaired) electrons. The van der Waals surface area contributed by atoms with Crippen LogP contribution in [0.3, 0.4) is 0 Å². The van der Waals surface area contributed by atoms with E-state index in [4.69, 9.17) is 9.47 Å². The molecule has 21 heavy (non-hydrogen) atoms. The summed E-state index contributed by atoms with van der Waals surface area (Å²) >= 11 is 0. The monoisotopic (exact) mass is 291 g/mol. The van der Waals surface area contributed by atoms with Crippen molar-refractivity contribution in [1.29, 1.82) is 0 Å². The van der Waals surface area contributed by atoms with Gasteiger partial charge in [-0.25, -0.2) is 4.98 Å². The number of nitrogens with zero attached hydrogens (tertiary/aromatic N) is 1. The summed E-state index contributed by atoms with van der Waals surface area (Å²) in [5.74, 6) is 2.92. The summed E-state index contributed by atoms with van der Waals surface area (Å²) in [6.07, 6.45) is 5.65. The molecule has 1 aliphatic carbocycles. The molecular formula is C17H25NO3. The van der Waals surface area contributed by atoms with Crippen LogP contribution in [0.25, 0.3) is 0 Å². The van der Waals surface area contributed by atoms with Gasteiger partial charge in [0.05, 0.1) is 7.11 Å². The van der Waals surface area contributed by atoms with Gasteiger partial charge >= 0.3 is 0 Å². The molecule has 1 heterocycles. The molecule has 2 rings (SSSR count). The van der Waals surface area contributed by atoms with Crippen molar-refractivity contribution in [3.05, 3.63) is 17.8 Å². The molecule has 0 aromatic carbocycles. The summed E-state index contributed by atoms with van der Waals surface area (Å²) in [6.45, 7) is 6.91. The SMILES string of the molecule is COc1ccnc(OC2CCC(C)C(C)C(C)C2)c1C=O. The topological polar surface area (TPSA) is 48.4 Å². The van der Waals surface area contributed by atoms with Crippen molar-refractivity contribution in [2.45, 2.75) is 46.1 Å². The maximum Gasteiger partial charge on any atom is 0.228 e. The molecule has 1 aliphatic rings. The number of aromatic nitrogens is 1. The number of ether oxygens (including phenoxy) is 2. The van der Waals surface area contributed by atoms with E-state index in [1.165, 1.54) is 0 Å². The maximum absolute atomic E-state index is 11.3. The Morgan fingerprint density at radius 1 is 1.24 bits per heavy atom. The second kappa shape index (κ2) is 6.92. The Kier molecular flexibility index (Phi) is 5.21. The van der Waals surface area contributed by atoms with Crippen molar-refractivity contribution in [2.75, 3.05) is 7.11 Å². The smallest absolute Gasteiger partial charge is 0.228 e. The minimum atomic E-state index is 0.116. The summed E-state index contributed by atoms with van der Waals surface area (Å²) in [6, 6.07) is 1.68. The van der Waals surface area contributed by atoms with E-state index in [-0.39, 0.29) is 6.10 Å². The fourth-order valence-electron chi connectivity index (χ4n) is 3.10. The first-order chi connectivity index (χ1) is 10.1. The molecule has 0 N–H and O–H groups in total. The van der Waals surface area contributed by atoms with Crippen LogP contribution < -0.4 is 9.47 Å². The number of pyridine rings is 1. The van der Waals surface area contributed by atoms with Crippen LogP contribution in [-0.4, -0.2) is 24.5 Å². The van der Waals surface area contributed by atoms with Crippen molar-refractivity contribution >= 4 is 6.29 Å². The molecule has 0 amide bonds. The van der Waals surface area contributed by atoms with Gasteiger partial charge in [0.1, 0.15) is 17.4 Å². The molecule has 0 aliphatic heterocycles. The molecule has 116 valence electrons. The van der Waals surface area contributed by atoms with Gasteiger partial charge in [-0.3, -0.25) is 4.79 Å².